The van der Waals surface area contributed by atoms with Gasteiger partial charge in [-0.1, -0.05) is 12.6 Å². The second-order valence-electron chi connectivity index (χ2n) is 5.60. The van der Waals surface area contributed by atoms with Crippen LogP contribution in [0.15, 0.2) is 54.6 Å². The zero-order valence-corrected chi connectivity index (χ0v) is 13.6. The van der Waals surface area contributed by atoms with Crippen LogP contribution in [0.1, 0.15) is 21.5 Å². The molecule has 23 heavy (non-hydrogen) atoms. The summed E-state index contributed by atoms with van der Waals surface area (Å²) in [5.74, 6) is 0.537. The Kier molecular flexibility index (Phi) is 5.55. The van der Waals surface area contributed by atoms with Crippen LogP contribution in [0.2, 0.25) is 0 Å². The molecule has 0 unspecified atom stereocenters. The minimum atomic E-state index is -0.145. The van der Waals surface area contributed by atoms with Gasteiger partial charge in [0.25, 0.3) is 5.91 Å². The van der Waals surface area contributed by atoms with Crippen molar-refractivity contribution in [3.05, 3.63) is 71.3 Å². The Bertz CT molecular complexity index is 686. The first kappa shape index (κ1) is 16.8. The second-order valence-corrected chi connectivity index (χ2v) is 5.60. The van der Waals surface area contributed by atoms with Crippen molar-refractivity contribution < 1.29 is 9.53 Å². The van der Waals surface area contributed by atoms with E-state index in [-0.39, 0.29) is 5.91 Å². The number of carbonyl (C=O) groups is 1. The Morgan fingerprint density at radius 2 is 1.74 bits per heavy atom. The lowest BCUT2D eigenvalue weighted by Crippen LogP contribution is -2.12. The summed E-state index contributed by atoms with van der Waals surface area (Å²) in [4.78, 5) is 12.3. The first-order valence-corrected chi connectivity index (χ1v) is 7.47. The molecular formula is C19H22N2O2. The molecule has 4 heteroatoms. The molecule has 0 aliphatic carbocycles. The first-order chi connectivity index (χ1) is 11.0. The van der Waals surface area contributed by atoms with Crippen LogP contribution < -0.4 is 15.8 Å². The summed E-state index contributed by atoms with van der Waals surface area (Å²) < 4.78 is 5.53. The standard InChI is InChI=1S/C19H22N2O2/c1-13-8-14(2)10-17(9-13)21-19(22)16-4-6-18(7-5-16)23-12-15(3)11-20/h4-10H,3,11-12,20H2,1-2H3,(H,21,22). The monoisotopic (exact) mass is 310 g/mol. The third-order valence-corrected chi connectivity index (χ3v) is 3.33. The minimum Gasteiger partial charge on any atom is -0.489 e. The number of hydrogen-bond donors (Lipinski definition) is 2. The van der Waals surface area contributed by atoms with Crippen molar-refractivity contribution in [3.8, 4) is 5.75 Å². The topological polar surface area (TPSA) is 64.3 Å². The SMILES string of the molecule is C=C(CN)COc1ccc(C(=O)Nc2cc(C)cc(C)c2)cc1. The van der Waals surface area contributed by atoms with Crippen molar-refractivity contribution in [2.45, 2.75) is 13.8 Å². The fourth-order valence-electron chi connectivity index (χ4n) is 2.20. The van der Waals surface area contributed by atoms with Gasteiger partial charge < -0.3 is 15.8 Å². The van der Waals surface area contributed by atoms with Gasteiger partial charge in [-0.3, -0.25) is 4.79 Å². The number of benzene rings is 2. The summed E-state index contributed by atoms with van der Waals surface area (Å²) in [5.41, 5.74) is 9.89. The normalized spacial score (nSPS) is 10.2. The van der Waals surface area contributed by atoms with E-state index in [2.05, 4.69) is 18.0 Å². The number of anilines is 1. The first-order valence-electron chi connectivity index (χ1n) is 7.47. The van der Waals surface area contributed by atoms with Crippen LogP contribution >= 0.6 is 0 Å². The molecule has 3 N–H and O–H groups in total. The molecule has 120 valence electrons. The van der Waals surface area contributed by atoms with Crippen LogP contribution in [0.25, 0.3) is 0 Å². The van der Waals surface area contributed by atoms with Gasteiger partial charge in [0.05, 0.1) is 0 Å². The highest BCUT2D eigenvalue weighted by atomic mass is 16.5. The van der Waals surface area contributed by atoms with E-state index in [1.165, 1.54) is 0 Å². The number of ether oxygens (including phenoxy) is 1. The number of hydrogen-bond acceptors (Lipinski definition) is 3. The third-order valence-electron chi connectivity index (χ3n) is 3.33. The average Bonchev–Trinajstić information content (AvgIpc) is 2.52. The smallest absolute Gasteiger partial charge is 0.255 e. The lowest BCUT2D eigenvalue weighted by Gasteiger charge is -2.09. The molecule has 2 rings (SSSR count). The van der Waals surface area contributed by atoms with E-state index in [1.54, 1.807) is 24.3 Å². The molecule has 0 fully saturated rings. The third kappa shape index (κ3) is 4.97. The molecule has 0 bridgehead atoms. The molecule has 0 saturated heterocycles. The van der Waals surface area contributed by atoms with Gasteiger partial charge in [-0.15, -0.1) is 0 Å². The fraction of sp³-hybridized carbons (Fsp3) is 0.211. The van der Waals surface area contributed by atoms with Crippen molar-refractivity contribution in [3.63, 3.8) is 0 Å². The van der Waals surface area contributed by atoms with E-state index in [9.17, 15) is 4.79 Å². The Morgan fingerprint density at radius 1 is 1.13 bits per heavy atom. The molecular weight excluding hydrogens is 288 g/mol. The number of aryl methyl sites for hydroxylation is 2. The van der Waals surface area contributed by atoms with E-state index in [0.717, 1.165) is 22.4 Å². The van der Waals surface area contributed by atoms with Gasteiger partial charge in [-0.05, 0) is 66.9 Å². The fourth-order valence-corrected chi connectivity index (χ4v) is 2.20. The molecule has 2 aromatic rings. The molecule has 0 heterocycles. The van der Waals surface area contributed by atoms with Gasteiger partial charge >= 0.3 is 0 Å². The predicted molar refractivity (Wildman–Crippen MR) is 94.0 cm³/mol. The Balaban J connectivity index is 2.01. The lowest BCUT2D eigenvalue weighted by atomic mass is 10.1. The summed E-state index contributed by atoms with van der Waals surface area (Å²) in [6.07, 6.45) is 0. The lowest BCUT2D eigenvalue weighted by molar-refractivity contribution is 0.102. The Labute approximate surface area is 137 Å². The van der Waals surface area contributed by atoms with E-state index < -0.39 is 0 Å². The summed E-state index contributed by atoms with van der Waals surface area (Å²) in [6, 6.07) is 13.0. The van der Waals surface area contributed by atoms with E-state index in [1.807, 2.05) is 26.0 Å². The maximum atomic E-state index is 12.3. The van der Waals surface area contributed by atoms with Crippen molar-refractivity contribution in [1.82, 2.24) is 0 Å². The molecule has 0 aliphatic heterocycles. The number of amides is 1. The van der Waals surface area contributed by atoms with Gasteiger partial charge in [0, 0.05) is 17.8 Å². The average molecular weight is 310 g/mol. The predicted octanol–water partition coefficient (Wildman–Crippen LogP) is 3.45. The van der Waals surface area contributed by atoms with Gasteiger partial charge in [0.2, 0.25) is 0 Å². The molecule has 0 aliphatic rings. The van der Waals surface area contributed by atoms with Gasteiger partial charge in [-0.25, -0.2) is 0 Å². The van der Waals surface area contributed by atoms with Gasteiger partial charge in [0.15, 0.2) is 0 Å². The van der Waals surface area contributed by atoms with Gasteiger partial charge in [0.1, 0.15) is 12.4 Å². The highest BCUT2D eigenvalue weighted by molar-refractivity contribution is 6.04. The maximum Gasteiger partial charge on any atom is 0.255 e. The molecule has 1 amide bonds. The summed E-state index contributed by atoms with van der Waals surface area (Å²) >= 11 is 0. The summed E-state index contributed by atoms with van der Waals surface area (Å²) in [7, 11) is 0. The highest BCUT2D eigenvalue weighted by Crippen LogP contribution is 2.17. The molecule has 4 nitrogen and oxygen atoms in total. The number of nitrogens with one attached hydrogen (secondary N) is 1. The van der Waals surface area contributed by atoms with Crippen LogP contribution in [-0.4, -0.2) is 19.1 Å². The van der Waals surface area contributed by atoms with Crippen molar-refractivity contribution in [1.29, 1.82) is 0 Å². The highest BCUT2D eigenvalue weighted by Gasteiger charge is 2.07. The van der Waals surface area contributed by atoms with Crippen LogP contribution in [0.5, 0.6) is 5.75 Å². The van der Waals surface area contributed by atoms with Gasteiger partial charge in [-0.2, -0.15) is 0 Å². The Morgan fingerprint density at radius 3 is 2.30 bits per heavy atom. The second kappa shape index (κ2) is 7.61. The summed E-state index contributed by atoms with van der Waals surface area (Å²) in [6.45, 7) is 8.57. The van der Waals surface area contributed by atoms with E-state index >= 15 is 0 Å². The van der Waals surface area contributed by atoms with Crippen LogP contribution in [0.3, 0.4) is 0 Å². The maximum absolute atomic E-state index is 12.3. The van der Waals surface area contributed by atoms with E-state index in [4.69, 9.17) is 10.5 Å². The zero-order valence-electron chi connectivity index (χ0n) is 13.6. The largest absolute Gasteiger partial charge is 0.489 e. The molecule has 0 aromatic heterocycles. The zero-order chi connectivity index (χ0) is 16.8. The minimum absolute atomic E-state index is 0.145. The number of carbonyl (C=O) groups excluding carboxylic acids is 1. The van der Waals surface area contributed by atoms with Crippen molar-refractivity contribution >= 4 is 11.6 Å². The molecule has 0 spiro atoms. The molecule has 0 saturated carbocycles. The molecule has 2 aromatic carbocycles. The van der Waals surface area contributed by atoms with Crippen molar-refractivity contribution in [2.24, 2.45) is 5.73 Å². The number of rotatable bonds is 6. The molecule has 0 atom stereocenters. The van der Waals surface area contributed by atoms with Crippen LogP contribution in [-0.2, 0) is 0 Å². The summed E-state index contributed by atoms with van der Waals surface area (Å²) in [5, 5.41) is 2.91. The van der Waals surface area contributed by atoms with Crippen LogP contribution in [0.4, 0.5) is 5.69 Å². The number of nitrogens with two attached hydrogens (primary N) is 1. The van der Waals surface area contributed by atoms with Crippen LogP contribution in [0, 0.1) is 13.8 Å². The Hall–Kier alpha value is -2.59. The quantitative estimate of drug-likeness (QED) is 0.803. The van der Waals surface area contributed by atoms with Crippen molar-refractivity contribution in [2.75, 3.05) is 18.5 Å². The van der Waals surface area contributed by atoms with E-state index in [0.29, 0.717) is 24.5 Å². The molecule has 0 radical (unpaired) electrons.